The molecule has 0 unspecified atom stereocenters. The van der Waals surface area contributed by atoms with Crippen LogP contribution in [0.25, 0.3) is 0 Å². The zero-order valence-corrected chi connectivity index (χ0v) is 24.8. The summed E-state index contributed by atoms with van der Waals surface area (Å²) in [5, 5.41) is 0. The SMILES string of the molecule is Cc1ccc(S(=O)(=O)Oc2ccc3c(c2)CC[C@@H]2[C@@H]3CC[C@]3(C)[C@@H](OS(=O)(=O)c4ccc(C)cc4)CC[C@@H]23)cc1. The van der Waals surface area contributed by atoms with Gasteiger partial charge in [-0.05, 0) is 123 Å². The average molecular weight is 581 g/mol. The molecule has 40 heavy (non-hydrogen) atoms. The molecule has 0 aliphatic heterocycles. The van der Waals surface area contributed by atoms with Crippen molar-refractivity contribution >= 4 is 20.2 Å². The fourth-order valence-corrected chi connectivity index (χ4v) is 9.64. The van der Waals surface area contributed by atoms with Gasteiger partial charge < -0.3 is 4.18 Å². The highest BCUT2D eigenvalue weighted by atomic mass is 32.2. The molecule has 0 aromatic heterocycles. The molecule has 6 nitrogen and oxygen atoms in total. The highest BCUT2D eigenvalue weighted by Crippen LogP contribution is 2.62. The number of hydrogen-bond acceptors (Lipinski definition) is 6. The molecule has 8 heteroatoms. The fourth-order valence-electron chi connectivity index (χ4n) is 7.51. The molecule has 2 saturated carbocycles. The van der Waals surface area contributed by atoms with Crippen molar-refractivity contribution in [1.82, 2.24) is 0 Å². The van der Waals surface area contributed by atoms with E-state index in [0.29, 0.717) is 23.5 Å². The number of benzene rings is 3. The van der Waals surface area contributed by atoms with Crippen molar-refractivity contribution in [3.05, 3.63) is 89.0 Å². The molecule has 0 amide bonds. The lowest BCUT2D eigenvalue weighted by atomic mass is 9.55. The normalized spacial score (nSPS) is 27.9. The minimum absolute atomic E-state index is 0.143. The van der Waals surface area contributed by atoms with E-state index in [9.17, 15) is 16.8 Å². The first kappa shape index (κ1) is 27.5. The minimum Gasteiger partial charge on any atom is -0.379 e. The van der Waals surface area contributed by atoms with Crippen molar-refractivity contribution in [3.8, 4) is 5.75 Å². The van der Waals surface area contributed by atoms with Gasteiger partial charge in [0.2, 0.25) is 0 Å². The monoisotopic (exact) mass is 580 g/mol. The lowest BCUT2D eigenvalue weighted by molar-refractivity contribution is -0.00803. The highest BCUT2D eigenvalue weighted by Gasteiger charge is 2.56. The third-order valence-electron chi connectivity index (χ3n) is 9.68. The molecule has 3 aromatic rings. The Kier molecular flexibility index (Phi) is 6.87. The molecule has 3 aromatic carbocycles. The Morgan fingerprint density at radius 1 is 0.750 bits per heavy atom. The van der Waals surface area contributed by atoms with Gasteiger partial charge in [-0.2, -0.15) is 16.8 Å². The Morgan fingerprint density at radius 3 is 2.02 bits per heavy atom. The maximum Gasteiger partial charge on any atom is 0.339 e. The van der Waals surface area contributed by atoms with Gasteiger partial charge in [-0.1, -0.05) is 48.4 Å². The van der Waals surface area contributed by atoms with Gasteiger partial charge in [-0.3, -0.25) is 4.18 Å². The summed E-state index contributed by atoms with van der Waals surface area (Å²) in [4.78, 5) is 0.359. The Hall–Kier alpha value is -2.68. The standard InChI is InChI=1S/C32H36O6S2/c1-21-4-10-25(11-5-21)39(33,34)37-24-9-15-27-23(20-24)8-14-29-28(27)18-19-32(3)30(29)16-17-31(32)38-40(35,36)26-12-6-22(2)7-13-26/h4-7,9-13,15,20,28-31H,8,14,16-19H2,1-3H3/t28-,29-,30+,31+,32+/m1/s1. The third-order valence-corrected chi connectivity index (χ3v) is 12.3. The van der Waals surface area contributed by atoms with Gasteiger partial charge in [-0.15, -0.1) is 0 Å². The van der Waals surface area contributed by atoms with Gasteiger partial charge >= 0.3 is 10.1 Å². The van der Waals surface area contributed by atoms with Gasteiger partial charge in [0.15, 0.2) is 0 Å². The summed E-state index contributed by atoms with van der Waals surface area (Å²) >= 11 is 0. The number of aryl methyl sites for hydroxylation is 3. The Labute approximate surface area is 238 Å². The molecule has 3 aliphatic rings. The zero-order chi connectivity index (χ0) is 28.3. The van der Waals surface area contributed by atoms with Crippen LogP contribution in [0, 0.1) is 31.1 Å². The van der Waals surface area contributed by atoms with E-state index in [4.69, 9.17) is 8.37 Å². The molecule has 0 heterocycles. The molecule has 0 spiro atoms. The molecule has 0 bridgehead atoms. The first-order chi connectivity index (χ1) is 19.0. The van der Waals surface area contributed by atoms with Crippen LogP contribution in [-0.4, -0.2) is 22.9 Å². The zero-order valence-electron chi connectivity index (χ0n) is 23.2. The van der Waals surface area contributed by atoms with E-state index < -0.39 is 20.2 Å². The molecular formula is C32H36O6S2. The molecule has 6 rings (SSSR count). The van der Waals surface area contributed by atoms with E-state index in [-0.39, 0.29) is 21.3 Å². The lowest BCUT2D eigenvalue weighted by Crippen LogP contribution is -2.45. The molecule has 0 radical (unpaired) electrons. The summed E-state index contributed by atoms with van der Waals surface area (Å²) in [6.07, 6.45) is 5.06. The van der Waals surface area contributed by atoms with Crippen molar-refractivity contribution in [1.29, 1.82) is 0 Å². The van der Waals surface area contributed by atoms with Crippen molar-refractivity contribution in [2.24, 2.45) is 17.3 Å². The number of rotatable bonds is 6. The summed E-state index contributed by atoms with van der Waals surface area (Å²) in [5.41, 5.74) is 4.22. The second-order valence-corrected chi connectivity index (χ2v) is 15.2. The number of hydrogen-bond donors (Lipinski definition) is 0. The van der Waals surface area contributed by atoms with Crippen molar-refractivity contribution in [2.45, 2.75) is 81.1 Å². The fraction of sp³-hybridized carbons (Fsp3) is 0.438. The van der Waals surface area contributed by atoms with E-state index in [2.05, 4.69) is 6.92 Å². The quantitative estimate of drug-likeness (QED) is 0.302. The molecule has 2 fully saturated rings. The second kappa shape index (κ2) is 10.00. The van der Waals surface area contributed by atoms with Gasteiger partial charge in [0.05, 0.1) is 11.0 Å². The largest absolute Gasteiger partial charge is 0.379 e. The molecule has 0 N–H and O–H groups in total. The second-order valence-electron chi connectivity index (χ2n) is 12.1. The first-order valence-electron chi connectivity index (χ1n) is 14.1. The minimum atomic E-state index is -3.91. The smallest absolute Gasteiger partial charge is 0.339 e. The molecule has 5 atom stereocenters. The van der Waals surface area contributed by atoms with Crippen LogP contribution < -0.4 is 4.18 Å². The predicted molar refractivity (Wildman–Crippen MR) is 153 cm³/mol. The molecule has 212 valence electrons. The Morgan fingerprint density at radius 2 is 1.38 bits per heavy atom. The predicted octanol–water partition coefficient (Wildman–Crippen LogP) is 6.70. The molecular weight excluding hydrogens is 544 g/mol. The van der Waals surface area contributed by atoms with Gasteiger partial charge in [-0.25, -0.2) is 0 Å². The lowest BCUT2D eigenvalue weighted by Gasteiger charge is -2.50. The van der Waals surface area contributed by atoms with Crippen molar-refractivity contribution in [3.63, 3.8) is 0 Å². The van der Waals surface area contributed by atoms with Crippen LogP contribution in [0.2, 0.25) is 0 Å². The molecule has 3 aliphatic carbocycles. The van der Waals surface area contributed by atoms with Gasteiger partial charge in [0, 0.05) is 0 Å². The van der Waals surface area contributed by atoms with E-state index in [1.165, 1.54) is 5.56 Å². The highest BCUT2D eigenvalue weighted by molar-refractivity contribution is 7.87. The number of fused-ring (bicyclic) bond motifs is 5. The topological polar surface area (TPSA) is 86.7 Å². The summed E-state index contributed by atoms with van der Waals surface area (Å²) in [5.74, 6) is 1.55. The first-order valence-corrected chi connectivity index (χ1v) is 16.9. The third kappa shape index (κ3) is 4.88. The summed E-state index contributed by atoms with van der Waals surface area (Å²) in [6, 6.07) is 19.2. The Balaban J connectivity index is 1.19. The van der Waals surface area contributed by atoms with Gasteiger partial charge in [0.1, 0.15) is 10.6 Å². The summed E-state index contributed by atoms with van der Waals surface area (Å²) in [7, 11) is -7.74. The van der Waals surface area contributed by atoms with Crippen LogP contribution >= 0.6 is 0 Å². The van der Waals surface area contributed by atoms with E-state index in [0.717, 1.165) is 55.2 Å². The van der Waals surface area contributed by atoms with Crippen molar-refractivity contribution in [2.75, 3.05) is 0 Å². The van der Waals surface area contributed by atoms with Crippen LogP contribution in [0.15, 0.2) is 76.5 Å². The summed E-state index contributed by atoms with van der Waals surface area (Å²) < 4.78 is 63.4. The van der Waals surface area contributed by atoms with Crippen LogP contribution in [0.5, 0.6) is 5.75 Å². The Bertz CT molecular complexity index is 1630. The van der Waals surface area contributed by atoms with E-state index >= 15 is 0 Å². The maximum atomic E-state index is 13.1. The van der Waals surface area contributed by atoms with E-state index in [1.54, 1.807) is 54.6 Å². The summed E-state index contributed by atoms with van der Waals surface area (Å²) in [6.45, 7) is 6.06. The molecule has 0 saturated heterocycles. The average Bonchev–Trinajstić information content (AvgIpc) is 3.24. The van der Waals surface area contributed by atoms with Crippen molar-refractivity contribution < 1.29 is 25.2 Å². The van der Waals surface area contributed by atoms with Crippen LogP contribution in [0.3, 0.4) is 0 Å². The van der Waals surface area contributed by atoms with Crippen LogP contribution in [0.1, 0.15) is 67.2 Å². The van der Waals surface area contributed by atoms with Gasteiger partial charge in [0.25, 0.3) is 10.1 Å². The van der Waals surface area contributed by atoms with Crippen LogP contribution in [-0.2, 0) is 30.8 Å². The van der Waals surface area contributed by atoms with E-state index in [1.807, 2.05) is 26.0 Å². The maximum absolute atomic E-state index is 13.1. The van der Waals surface area contributed by atoms with Crippen LogP contribution in [0.4, 0.5) is 0 Å².